The molecule has 0 aliphatic carbocycles. The fourth-order valence-corrected chi connectivity index (χ4v) is 7.39. The van der Waals surface area contributed by atoms with Gasteiger partial charge in [-0.1, -0.05) is 133 Å². The van der Waals surface area contributed by atoms with E-state index in [0.717, 1.165) is 61.2 Å². The Labute approximate surface area is 325 Å². The van der Waals surface area contributed by atoms with Crippen LogP contribution in [-0.4, -0.2) is 33.7 Å². The monoisotopic (exact) mass is 732 g/mol. The number of fused-ring (bicyclic) bond motifs is 1. The highest BCUT2D eigenvalue weighted by molar-refractivity contribution is 6.14. The van der Waals surface area contributed by atoms with Gasteiger partial charge in [-0.25, -0.2) is 4.98 Å². The molecule has 2 aromatic heterocycles. The predicted octanol–water partition coefficient (Wildman–Crippen LogP) is 9.80. The van der Waals surface area contributed by atoms with Gasteiger partial charge in [0.1, 0.15) is 11.3 Å². The molecule has 8 heteroatoms. The number of hydrogen-bond donors (Lipinski definition) is 4. The summed E-state index contributed by atoms with van der Waals surface area (Å²) < 4.78 is 4.86. The van der Waals surface area contributed by atoms with Crippen molar-refractivity contribution in [1.29, 1.82) is 5.41 Å². The van der Waals surface area contributed by atoms with E-state index in [1.165, 1.54) is 7.11 Å². The Kier molecular flexibility index (Phi) is 9.93. The molecular weight excluding hydrogens is 693 g/mol. The first-order valence-corrected chi connectivity index (χ1v) is 18.5. The lowest BCUT2D eigenvalue weighted by atomic mass is 9.76. The third kappa shape index (κ3) is 7.03. The number of nitrogens with one attached hydrogen (secondary N) is 3. The van der Waals surface area contributed by atoms with E-state index in [9.17, 15) is 10.2 Å². The van der Waals surface area contributed by atoms with Gasteiger partial charge in [0.25, 0.3) is 0 Å². The first-order chi connectivity index (χ1) is 27.4. The van der Waals surface area contributed by atoms with Crippen molar-refractivity contribution >= 4 is 34.1 Å². The van der Waals surface area contributed by atoms with Crippen molar-refractivity contribution in [3.8, 4) is 22.3 Å². The number of esters is 1. The minimum atomic E-state index is -0.834. The minimum Gasteiger partial charge on any atom is -0.469 e. The third-order valence-corrected chi connectivity index (χ3v) is 10.2. The maximum absolute atomic E-state index is 11.9. The normalized spacial score (nSPS) is 11.3. The second-order valence-corrected chi connectivity index (χ2v) is 13.7. The van der Waals surface area contributed by atoms with Gasteiger partial charge in [-0.3, -0.25) is 15.2 Å². The van der Waals surface area contributed by atoms with Crippen LogP contribution in [0.4, 0.5) is 11.4 Å². The molecule has 2 heterocycles. The number of methoxy groups -OCH3 is 1. The molecule has 5 N–H and O–H groups in total. The average molecular weight is 733 g/mol. The van der Waals surface area contributed by atoms with Crippen LogP contribution < -0.4 is 11.1 Å². The fraction of sp³-hybridized carbons (Fsp3) is 0.0833. The second kappa shape index (κ2) is 15.6. The standard InChI is InChI=1S/C48H40N6O2/c1-56-44(55)26-23-32-13-11-14-34(27-32)40-21-12-22-43-46(40)53-47(52-43)45(50)41-29-33(35-28-39(49)31-51-30-35)24-25-42(41)54-48(36-15-5-2-6-16-36,37-17-7-3-8-18-37)38-19-9-4-10-20-38/h2-22,24-25,27-31,50,54H,23,26,49H2,1H3,(H,52,53). The molecule has 0 aliphatic heterocycles. The van der Waals surface area contributed by atoms with Crippen molar-refractivity contribution in [2.24, 2.45) is 0 Å². The maximum atomic E-state index is 11.9. The van der Waals surface area contributed by atoms with Crippen LogP contribution in [0, 0.1) is 5.41 Å². The van der Waals surface area contributed by atoms with Crippen LogP contribution in [-0.2, 0) is 21.5 Å². The molecule has 8 nitrogen and oxygen atoms in total. The SMILES string of the molecule is COC(=O)CCc1cccc(-c2cccc3[nH]c(C(=N)c4cc(-c5cncc(N)c5)ccc4NC(c4ccccc4)(c4ccccc4)c4ccccc4)nc23)c1. The van der Waals surface area contributed by atoms with E-state index < -0.39 is 5.54 Å². The smallest absolute Gasteiger partial charge is 0.305 e. The van der Waals surface area contributed by atoms with E-state index in [1.807, 2.05) is 78.9 Å². The molecule has 8 aromatic rings. The van der Waals surface area contributed by atoms with Gasteiger partial charge in [0, 0.05) is 41.2 Å². The van der Waals surface area contributed by atoms with Gasteiger partial charge in [0.05, 0.1) is 23.8 Å². The summed E-state index contributed by atoms with van der Waals surface area (Å²) in [6.07, 6.45) is 4.27. The summed E-state index contributed by atoms with van der Waals surface area (Å²) in [7, 11) is 1.41. The number of imidazole rings is 1. The van der Waals surface area contributed by atoms with Crippen molar-refractivity contribution in [1.82, 2.24) is 15.0 Å². The molecule has 0 fully saturated rings. The molecule has 0 saturated carbocycles. The number of anilines is 2. The number of pyridine rings is 1. The summed E-state index contributed by atoms with van der Waals surface area (Å²) in [6, 6.07) is 53.3. The number of nitrogen functional groups attached to an aromatic ring is 1. The van der Waals surface area contributed by atoms with Gasteiger partial charge < -0.3 is 20.8 Å². The quantitative estimate of drug-likeness (QED) is 0.0562. The van der Waals surface area contributed by atoms with Crippen LogP contribution >= 0.6 is 0 Å². The Hall–Kier alpha value is -7.32. The molecule has 56 heavy (non-hydrogen) atoms. The number of carbonyl (C=O) groups excluding carboxylic acids is 1. The zero-order valence-electron chi connectivity index (χ0n) is 30.9. The number of nitrogens with two attached hydrogens (primary N) is 1. The van der Waals surface area contributed by atoms with Crippen LogP contribution in [0.15, 0.2) is 170 Å². The number of rotatable bonds is 12. The number of ether oxygens (including phenoxy) is 1. The Morgan fingerprint density at radius 2 is 1.39 bits per heavy atom. The highest BCUT2D eigenvalue weighted by Gasteiger charge is 2.37. The highest BCUT2D eigenvalue weighted by Crippen LogP contribution is 2.42. The zero-order chi connectivity index (χ0) is 38.5. The molecule has 8 rings (SSSR count). The molecular formula is C48H40N6O2. The summed E-state index contributed by atoms with van der Waals surface area (Å²) >= 11 is 0. The number of nitrogens with zero attached hydrogens (tertiary/aromatic N) is 2. The Balaban J connectivity index is 1.28. The van der Waals surface area contributed by atoms with E-state index in [4.69, 9.17) is 15.5 Å². The van der Waals surface area contributed by atoms with E-state index in [0.29, 0.717) is 29.9 Å². The largest absolute Gasteiger partial charge is 0.469 e. The van der Waals surface area contributed by atoms with Crippen LogP contribution in [0.5, 0.6) is 0 Å². The number of aryl methyl sites for hydroxylation is 1. The van der Waals surface area contributed by atoms with Gasteiger partial charge in [-0.2, -0.15) is 0 Å². The Morgan fingerprint density at radius 1 is 0.732 bits per heavy atom. The van der Waals surface area contributed by atoms with Gasteiger partial charge in [0.15, 0.2) is 5.82 Å². The molecule has 0 spiro atoms. The molecule has 6 aromatic carbocycles. The molecule has 0 atom stereocenters. The third-order valence-electron chi connectivity index (χ3n) is 10.2. The number of benzene rings is 6. The number of aromatic amines is 1. The molecule has 0 unspecified atom stereocenters. The van der Waals surface area contributed by atoms with Crippen molar-refractivity contribution in [2.75, 3.05) is 18.2 Å². The summed E-state index contributed by atoms with van der Waals surface area (Å²) in [5, 5.41) is 13.9. The Morgan fingerprint density at radius 3 is 2.04 bits per heavy atom. The van der Waals surface area contributed by atoms with E-state index >= 15 is 0 Å². The van der Waals surface area contributed by atoms with Gasteiger partial charge >= 0.3 is 5.97 Å². The lowest BCUT2D eigenvalue weighted by molar-refractivity contribution is -0.140. The van der Waals surface area contributed by atoms with Crippen LogP contribution in [0.1, 0.15) is 40.1 Å². The summed E-state index contributed by atoms with van der Waals surface area (Å²) in [6.45, 7) is 0. The highest BCUT2D eigenvalue weighted by atomic mass is 16.5. The number of para-hydroxylation sites is 1. The maximum Gasteiger partial charge on any atom is 0.305 e. The van der Waals surface area contributed by atoms with Crippen molar-refractivity contribution in [3.63, 3.8) is 0 Å². The van der Waals surface area contributed by atoms with E-state index in [1.54, 1.807) is 12.4 Å². The van der Waals surface area contributed by atoms with Crippen LogP contribution in [0.3, 0.4) is 0 Å². The van der Waals surface area contributed by atoms with Crippen LogP contribution in [0.25, 0.3) is 33.3 Å². The molecule has 0 bridgehead atoms. The molecule has 0 aliphatic rings. The number of carbonyl (C=O) groups is 1. The topological polar surface area (TPSA) is 130 Å². The van der Waals surface area contributed by atoms with Gasteiger partial charge in [0.2, 0.25) is 0 Å². The van der Waals surface area contributed by atoms with Crippen molar-refractivity contribution in [2.45, 2.75) is 18.4 Å². The molecule has 0 saturated heterocycles. The fourth-order valence-electron chi connectivity index (χ4n) is 7.39. The summed E-state index contributed by atoms with van der Waals surface area (Å²) in [4.78, 5) is 24.8. The second-order valence-electron chi connectivity index (χ2n) is 13.7. The van der Waals surface area contributed by atoms with E-state index in [-0.39, 0.29) is 11.7 Å². The lowest BCUT2D eigenvalue weighted by Gasteiger charge is -2.38. The molecule has 0 amide bonds. The first-order valence-electron chi connectivity index (χ1n) is 18.5. The number of H-pyrrole nitrogens is 1. The first kappa shape index (κ1) is 35.7. The molecule has 274 valence electrons. The van der Waals surface area contributed by atoms with Crippen LogP contribution in [0.2, 0.25) is 0 Å². The summed E-state index contributed by atoms with van der Waals surface area (Å²) in [5.74, 6) is 0.177. The van der Waals surface area contributed by atoms with Crippen molar-refractivity contribution in [3.05, 3.63) is 204 Å². The lowest BCUT2D eigenvalue weighted by Crippen LogP contribution is -2.38. The van der Waals surface area contributed by atoms with Gasteiger partial charge in [-0.05, 0) is 64.1 Å². The minimum absolute atomic E-state index is 0.211. The molecule has 0 radical (unpaired) electrons. The predicted molar refractivity (Wildman–Crippen MR) is 225 cm³/mol. The number of hydrogen-bond acceptors (Lipinski definition) is 7. The van der Waals surface area contributed by atoms with Gasteiger partial charge in [-0.15, -0.1) is 0 Å². The van der Waals surface area contributed by atoms with E-state index in [2.05, 4.69) is 94.1 Å². The Bertz CT molecular complexity index is 2560. The van der Waals surface area contributed by atoms with Crippen molar-refractivity contribution < 1.29 is 9.53 Å². The zero-order valence-corrected chi connectivity index (χ0v) is 30.9. The number of aromatic nitrogens is 3. The summed E-state index contributed by atoms with van der Waals surface area (Å²) in [5.41, 5.74) is 16.8. The average Bonchev–Trinajstić information content (AvgIpc) is 3.70.